The Labute approximate surface area is 180 Å². The number of halogens is 1. The molecule has 0 bridgehead atoms. The second-order valence-corrected chi connectivity index (χ2v) is 8.88. The molecule has 3 aliphatic heterocycles. The number of hydrogen-bond acceptors (Lipinski definition) is 8. The van der Waals surface area contributed by atoms with Crippen LogP contribution in [0, 0.1) is 12.0 Å². The molecule has 0 N–H and O–H groups in total. The van der Waals surface area contributed by atoms with Crippen molar-refractivity contribution in [2.24, 2.45) is 0 Å². The van der Waals surface area contributed by atoms with Crippen molar-refractivity contribution in [3.8, 4) is 34.3 Å². The maximum Gasteiger partial charge on any atom is 0.174 e. The lowest BCUT2D eigenvalue weighted by Gasteiger charge is -2.27. The van der Waals surface area contributed by atoms with Gasteiger partial charge in [-0.15, -0.1) is 11.8 Å². The van der Waals surface area contributed by atoms with Crippen LogP contribution in [0.15, 0.2) is 40.3 Å². The molecule has 1 unspecified atom stereocenters. The van der Waals surface area contributed by atoms with Crippen LogP contribution in [0.1, 0.15) is 11.8 Å². The summed E-state index contributed by atoms with van der Waals surface area (Å²) >= 11 is 3.26. The summed E-state index contributed by atoms with van der Waals surface area (Å²) in [4.78, 5) is 10.6. The van der Waals surface area contributed by atoms with Gasteiger partial charge in [0.2, 0.25) is 0 Å². The number of thioether (sulfide) groups is 2. The Morgan fingerprint density at radius 1 is 1.03 bits per heavy atom. The van der Waals surface area contributed by atoms with Crippen LogP contribution >= 0.6 is 23.5 Å². The van der Waals surface area contributed by atoms with E-state index in [4.69, 9.17) is 18.9 Å². The number of nitrogens with zero attached hydrogens (tertiary/aromatic N) is 2. The highest BCUT2D eigenvalue weighted by Crippen LogP contribution is 2.45. The number of aromatic nitrogens is 2. The van der Waals surface area contributed by atoms with Crippen molar-refractivity contribution in [3.63, 3.8) is 0 Å². The summed E-state index contributed by atoms with van der Waals surface area (Å²) in [5, 5.41) is 0. The zero-order valence-corrected chi connectivity index (χ0v) is 17.1. The topological polar surface area (TPSA) is 62.7 Å². The highest BCUT2D eigenvalue weighted by molar-refractivity contribution is 7.99. The molecule has 151 valence electrons. The molecule has 2 aromatic heterocycles. The fourth-order valence-corrected chi connectivity index (χ4v) is 5.11. The zero-order valence-electron chi connectivity index (χ0n) is 15.5. The first-order valence-electron chi connectivity index (χ1n) is 9.32. The van der Waals surface area contributed by atoms with Gasteiger partial charge >= 0.3 is 0 Å². The molecule has 0 fully saturated rings. The molecule has 30 heavy (non-hydrogen) atoms. The van der Waals surface area contributed by atoms with E-state index in [9.17, 15) is 4.39 Å². The first-order chi connectivity index (χ1) is 14.8. The smallest absolute Gasteiger partial charge is 0.174 e. The van der Waals surface area contributed by atoms with E-state index in [0.717, 1.165) is 27.0 Å². The van der Waals surface area contributed by atoms with E-state index in [2.05, 4.69) is 16.2 Å². The highest BCUT2D eigenvalue weighted by Gasteiger charge is 2.29. The van der Waals surface area contributed by atoms with Gasteiger partial charge in [-0.1, -0.05) is 11.8 Å². The number of fused-ring (bicyclic) bond motifs is 3. The molecule has 0 saturated carbocycles. The Bertz CT molecular complexity index is 1160. The summed E-state index contributed by atoms with van der Waals surface area (Å²) in [6, 6.07) is 6.65. The van der Waals surface area contributed by atoms with Gasteiger partial charge in [0, 0.05) is 17.4 Å². The fraction of sp³-hybridized carbons (Fsp3) is 0.238. The minimum Gasteiger partial charge on any atom is -0.489 e. The molecule has 1 radical (unpaired) electrons. The molecule has 0 amide bonds. The lowest BCUT2D eigenvalue weighted by atomic mass is 10.1. The Kier molecular flexibility index (Phi) is 4.38. The summed E-state index contributed by atoms with van der Waals surface area (Å²) in [5.41, 5.74) is 1.45. The van der Waals surface area contributed by atoms with Gasteiger partial charge in [-0.25, -0.2) is 9.37 Å². The van der Waals surface area contributed by atoms with Gasteiger partial charge in [0.05, 0.1) is 34.5 Å². The number of benzene rings is 1. The zero-order chi connectivity index (χ0) is 20.1. The van der Waals surface area contributed by atoms with E-state index < -0.39 is 11.9 Å². The molecule has 9 heteroatoms. The predicted octanol–water partition coefficient (Wildman–Crippen LogP) is 4.52. The molecule has 3 aromatic rings. The minimum absolute atomic E-state index is 0.246. The number of rotatable bonds is 2. The second kappa shape index (κ2) is 7.24. The van der Waals surface area contributed by atoms with Crippen molar-refractivity contribution < 1.29 is 23.3 Å². The predicted molar refractivity (Wildman–Crippen MR) is 109 cm³/mol. The van der Waals surface area contributed by atoms with Crippen LogP contribution in [0.5, 0.6) is 23.0 Å². The molecular formula is C21H14FN2O4S2. The monoisotopic (exact) mass is 441 g/mol. The lowest BCUT2D eigenvalue weighted by molar-refractivity contribution is 0.0876. The van der Waals surface area contributed by atoms with Crippen molar-refractivity contribution in [2.45, 2.75) is 15.9 Å². The Morgan fingerprint density at radius 3 is 2.97 bits per heavy atom. The molecule has 0 aliphatic carbocycles. The molecule has 0 spiro atoms. The standard InChI is InChI=1S/C21H14FN2O4S2/c22-12-6-14-15(5-11(12)20-21-18(1-2-23-20)29-4-3-25-21)28-17(9-26-14)13-7-19-16(8-24-13)27-10-30-19/h1,5-8,17H,3-4,9-10H2. The van der Waals surface area contributed by atoms with Crippen LogP contribution in [-0.2, 0) is 0 Å². The normalized spacial score (nSPS) is 18.8. The Hall–Kier alpha value is -2.65. The molecule has 3 aliphatic rings. The largest absolute Gasteiger partial charge is 0.489 e. The average Bonchev–Trinajstić information content (AvgIpc) is 3.26. The third kappa shape index (κ3) is 3.04. The number of ether oxygens (including phenoxy) is 4. The van der Waals surface area contributed by atoms with Crippen molar-refractivity contribution in [2.75, 3.05) is 24.9 Å². The first-order valence-corrected chi connectivity index (χ1v) is 11.3. The summed E-state index contributed by atoms with van der Waals surface area (Å²) in [6.07, 6.45) is 4.13. The minimum atomic E-state index is -0.450. The average molecular weight is 441 g/mol. The van der Waals surface area contributed by atoms with Gasteiger partial charge < -0.3 is 18.9 Å². The van der Waals surface area contributed by atoms with Gasteiger partial charge in [-0.05, 0) is 18.2 Å². The van der Waals surface area contributed by atoms with Crippen LogP contribution in [0.3, 0.4) is 0 Å². The van der Waals surface area contributed by atoms with Crippen LogP contribution in [-0.4, -0.2) is 34.9 Å². The quantitative estimate of drug-likeness (QED) is 0.575. The van der Waals surface area contributed by atoms with Crippen molar-refractivity contribution in [1.29, 1.82) is 0 Å². The van der Waals surface area contributed by atoms with Gasteiger partial charge in [0.1, 0.15) is 24.1 Å². The van der Waals surface area contributed by atoms with Gasteiger partial charge in [0.15, 0.2) is 29.1 Å². The molecular weight excluding hydrogens is 427 g/mol. The maximum absolute atomic E-state index is 14.9. The number of hydrogen-bond donors (Lipinski definition) is 0. The van der Waals surface area contributed by atoms with Crippen molar-refractivity contribution in [1.82, 2.24) is 9.97 Å². The van der Waals surface area contributed by atoms with E-state index in [1.165, 1.54) is 6.07 Å². The van der Waals surface area contributed by atoms with Crippen LogP contribution in [0.4, 0.5) is 4.39 Å². The van der Waals surface area contributed by atoms with Crippen LogP contribution in [0.25, 0.3) is 11.3 Å². The van der Waals surface area contributed by atoms with E-state index >= 15 is 0 Å². The summed E-state index contributed by atoms with van der Waals surface area (Å²) in [6.45, 7) is 0.798. The Balaban J connectivity index is 1.37. The SMILES string of the molecule is Fc1cc2c(cc1-c1n[c]cc3c1OCCS3)OC(c1cc3c(cn1)OCS3)CO2. The van der Waals surface area contributed by atoms with Gasteiger partial charge in [0.25, 0.3) is 0 Å². The van der Waals surface area contributed by atoms with Gasteiger partial charge in [-0.3, -0.25) is 4.98 Å². The van der Waals surface area contributed by atoms with Crippen molar-refractivity contribution >= 4 is 23.5 Å². The first kappa shape index (κ1) is 18.1. The number of pyridine rings is 2. The molecule has 6 rings (SSSR count). The molecule has 1 aromatic carbocycles. The van der Waals surface area contributed by atoms with Crippen LogP contribution in [0.2, 0.25) is 0 Å². The van der Waals surface area contributed by atoms with E-state index in [1.807, 2.05) is 6.07 Å². The van der Waals surface area contributed by atoms with Crippen LogP contribution < -0.4 is 18.9 Å². The van der Waals surface area contributed by atoms with E-state index in [-0.39, 0.29) is 6.61 Å². The molecule has 1 atom stereocenters. The fourth-order valence-electron chi connectivity index (χ4n) is 3.53. The van der Waals surface area contributed by atoms with Gasteiger partial charge in [-0.2, -0.15) is 0 Å². The van der Waals surface area contributed by atoms with E-state index in [1.54, 1.807) is 41.9 Å². The van der Waals surface area contributed by atoms with E-state index in [0.29, 0.717) is 41.1 Å². The third-order valence-corrected chi connectivity index (χ3v) is 6.81. The summed E-state index contributed by atoms with van der Waals surface area (Å²) in [5.74, 6) is 3.13. The molecule has 0 saturated heterocycles. The maximum atomic E-state index is 14.9. The second-order valence-electron chi connectivity index (χ2n) is 6.78. The lowest BCUT2D eigenvalue weighted by Crippen LogP contribution is -2.22. The highest BCUT2D eigenvalue weighted by atomic mass is 32.2. The summed E-state index contributed by atoms with van der Waals surface area (Å²) < 4.78 is 38.1. The molecule has 6 nitrogen and oxygen atoms in total. The third-order valence-electron chi connectivity index (χ3n) is 4.96. The summed E-state index contributed by atoms with van der Waals surface area (Å²) in [7, 11) is 0. The van der Waals surface area contributed by atoms with Crippen molar-refractivity contribution in [3.05, 3.63) is 48.2 Å². The Morgan fingerprint density at radius 2 is 2.00 bits per heavy atom. The molecule has 5 heterocycles.